The molecule has 1 unspecified atom stereocenters. The number of hydrogen-bond donors (Lipinski definition) is 1. The van der Waals surface area contributed by atoms with Gasteiger partial charge in [-0.1, -0.05) is 6.07 Å². The van der Waals surface area contributed by atoms with Crippen LogP contribution in [0.3, 0.4) is 0 Å². The number of fused-ring (bicyclic) bond motifs is 1. The molecule has 1 N–H and O–H groups in total. The minimum atomic E-state index is -0.327. The summed E-state index contributed by atoms with van der Waals surface area (Å²) in [6.07, 6.45) is 3.47. The molecule has 1 aliphatic heterocycles. The van der Waals surface area contributed by atoms with Crippen LogP contribution in [0.1, 0.15) is 23.2 Å². The first-order valence-electron chi connectivity index (χ1n) is 7.17. The molecule has 2 aromatic rings. The van der Waals surface area contributed by atoms with E-state index in [-0.39, 0.29) is 17.9 Å². The van der Waals surface area contributed by atoms with Crippen LogP contribution in [0.25, 0.3) is 10.9 Å². The monoisotopic (exact) mass is 285 g/mol. The van der Waals surface area contributed by atoms with Crippen molar-refractivity contribution in [2.75, 3.05) is 20.6 Å². The molecule has 1 saturated heterocycles. The number of likely N-dealkylation sites (tertiary alicyclic amines) is 1. The second-order valence-corrected chi connectivity index (χ2v) is 5.67. The molecule has 1 aliphatic rings. The highest BCUT2D eigenvalue weighted by molar-refractivity contribution is 6.00. The van der Waals surface area contributed by atoms with Crippen LogP contribution in [0.4, 0.5) is 0 Å². The van der Waals surface area contributed by atoms with Gasteiger partial charge in [0.05, 0.1) is 0 Å². The Morgan fingerprint density at radius 2 is 2.10 bits per heavy atom. The third-order valence-electron chi connectivity index (χ3n) is 4.04. The number of H-pyrrole nitrogens is 1. The molecule has 21 heavy (non-hydrogen) atoms. The van der Waals surface area contributed by atoms with E-state index in [1.807, 2.05) is 30.5 Å². The molecule has 1 aromatic heterocycles. The van der Waals surface area contributed by atoms with E-state index >= 15 is 0 Å². The van der Waals surface area contributed by atoms with Crippen molar-refractivity contribution in [3.63, 3.8) is 0 Å². The molecule has 0 saturated carbocycles. The summed E-state index contributed by atoms with van der Waals surface area (Å²) in [4.78, 5) is 31.3. The van der Waals surface area contributed by atoms with Crippen molar-refractivity contribution in [3.05, 3.63) is 36.0 Å². The maximum atomic E-state index is 12.7. The van der Waals surface area contributed by atoms with E-state index in [1.165, 1.54) is 0 Å². The van der Waals surface area contributed by atoms with Gasteiger partial charge in [0, 0.05) is 37.9 Å². The third kappa shape index (κ3) is 2.39. The second-order valence-electron chi connectivity index (χ2n) is 5.67. The molecule has 0 spiro atoms. The van der Waals surface area contributed by atoms with Crippen LogP contribution in [0.15, 0.2) is 30.5 Å². The second kappa shape index (κ2) is 5.24. The predicted octanol–water partition coefficient (Wildman–Crippen LogP) is 1.86. The predicted molar refractivity (Wildman–Crippen MR) is 81.1 cm³/mol. The Bertz CT molecular complexity index is 690. The van der Waals surface area contributed by atoms with Crippen molar-refractivity contribution >= 4 is 22.7 Å². The number of nitrogens with zero attached hydrogens (tertiary/aromatic N) is 2. The van der Waals surface area contributed by atoms with Crippen molar-refractivity contribution in [2.45, 2.75) is 18.9 Å². The Morgan fingerprint density at radius 3 is 2.86 bits per heavy atom. The highest BCUT2D eigenvalue weighted by Crippen LogP contribution is 2.23. The van der Waals surface area contributed by atoms with E-state index in [2.05, 4.69) is 4.98 Å². The van der Waals surface area contributed by atoms with Gasteiger partial charge in [0.15, 0.2) is 0 Å². The van der Waals surface area contributed by atoms with Crippen LogP contribution in [-0.2, 0) is 4.79 Å². The Balaban J connectivity index is 1.88. The van der Waals surface area contributed by atoms with Gasteiger partial charge in [-0.05, 0) is 36.4 Å². The molecule has 0 radical (unpaired) electrons. The molecule has 0 aliphatic carbocycles. The summed E-state index contributed by atoms with van der Waals surface area (Å²) >= 11 is 0. The Labute approximate surface area is 123 Å². The lowest BCUT2D eigenvalue weighted by Gasteiger charge is -2.26. The smallest absolute Gasteiger partial charge is 0.254 e. The van der Waals surface area contributed by atoms with Gasteiger partial charge in [0.2, 0.25) is 5.91 Å². The molecule has 2 amide bonds. The maximum absolute atomic E-state index is 12.7. The highest BCUT2D eigenvalue weighted by Gasteiger charge is 2.35. The van der Waals surface area contributed by atoms with Gasteiger partial charge < -0.3 is 14.8 Å². The minimum absolute atomic E-state index is 0.00167. The summed E-state index contributed by atoms with van der Waals surface area (Å²) in [5.74, 6) is -0.0639. The summed E-state index contributed by atoms with van der Waals surface area (Å²) in [5, 5.41) is 1.08. The van der Waals surface area contributed by atoms with Gasteiger partial charge in [-0.25, -0.2) is 0 Å². The third-order valence-corrected chi connectivity index (χ3v) is 4.04. The van der Waals surface area contributed by atoms with E-state index < -0.39 is 0 Å². The molecule has 1 fully saturated rings. The summed E-state index contributed by atoms with van der Waals surface area (Å²) in [6, 6.07) is 7.25. The van der Waals surface area contributed by atoms with Crippen LogP contribution in [0, 0.1) is 0 Å². The van der Waals surface area contributed by atoms with Gasteiger partial charge in [-0.15, -0.1) is 0 Å². The molecule has 3 rings (SSSR count). The van der Waals surface area contributed by atoms with Crippen LogP contribution in [-0.4, -0.2) is 53.3 Å². The minimum Gasteiger partial charge on any atom is -0.361 e. The fraction of sp³-hybridized carbons (Fsp3) is 0.375. The van der Waals surface area contributed by atoms with Crippen LogP contribution in [0.2, 0.25) is 0 Å². The fourth-order valence-electron chi connectivity index (χ4n) is 2.91. The lowest BCUT2D eigenvalue weighted by atomic mass is 10.1. The van der Waals surface area contributed by atoms with Crippen molar-refractivity contribution in [2.24, 2.45) is 0 Å². The molecular formula is C16H19N3O2. The lowest BCUT2D eigenvalue weighted by Crippen LogP contribution is -2.45. The number of rotatable bonds is 2. The van der Waals surface area contributed by atoms with Crippen LogP contribution in [0.5, 0.6) is 0 Å². The van der Waals surface area contributed by atoms with Crippen LogP contribution >= 0.6 is 0 Å². The van der Waals surface area contributed by atoms with Gasteiger partial charge in [-0.3, -0.25) is 9.59 Å². The van der Waals surface area contributed by atoms with Gasteiger partial charge in [0.25, 0.3) is 5.91 Å². The highest BCUT2D eigenvalue weighted by atomic mass is 16.2. The van der Waals surface area contributed by atoms with Crippen LogP contribution < -0.4 is 0 Å². The average Bonchev–Trinajstić information content (AvgIpc) is 3.13. The lowest BCUT2D eigenvalue weighted by molar-refractivity contribution is -0.132. The van der Waals surface area contributed by atoms with E-state index in [1.54, 1.807) is 23.9 Å². The molecule has 5 heteroatoms. The SMILES string of the molecule is CN(C)C(=O)C1CCCN1C(=O)c1ccc2cc[nH]c2c1. The topological polar surface area (TPSA) is 56.4 Å². The van der Waals surface area contributed by atoms with E-state index in [9.17, 15) is 9.59 Å². The molecule has 2 heterocycles. The van der Waals surface area contributed by atoms with Crippen molar-refractivity contribution in [1.82, 2.24) is 14.8 Å². The summed E-state index contributed by atoms with van der Waals surface area (Å²) in [6.45, 7) is 0.645. The summed E-state index contributed by atoms with van der Waals surface area (Å²) < 4.78 is 0. The zero-order chi connectivity index (χ0) is 15.0. The van der Waals surface area contributed by atoms with E-state index in [4.69, 9.17) is 0 Å². The normalized spacial score (nSPS) is 18.2. The fourth-order valence-corrected chi connectivity index (χ4v) is 2.91. The number of aromatic nitrogens is 1. The standard InChI is InChI=1S/C16H19N3O2/c1-18(2)16(21)14-4-3-9-19(14)15(20)12-6-5-11-7-8-17-13(11)10-12/h5-8,10,14,17H,3-4,9H2,1-2H3. The number of benzene rings is 1. The Morgan fingerprint density at radius 1 is 1.29 bits per heavy atom. The van der Waals surface area contributed by atoms with Gasteiger partial charge in [0.1, 0.15) is 6.04 Å². The summed E-state index contributed by atoms with van der Waals surface area (Å²) in [5.41, 5.74) is 1.57. The molecule has 1 atom stereocenters. The molecule has 110 valence electrons. The molecule has 5 nitrogen and oxygen atoms in total. The molecule has 1 aromatic carbocycles. The summed E-state index contributed by atoms with van der Waals surface area (Å²) in [7, 11) is 3.46. The first-order chi connectivity index (χ1) is 10.1. The first-order valence-corrected chi connectivity index (χ1v) is 7.17. The number of nitrogens with one attached hydrogen (secondary N) is 1. The van der Waals surface area contributed by atoms with Crippen molar-refractivity contribution < 1.29 is 9.59 Å². The Kier molecular flexibility index (Phi) is 3.41. The number of carbonyl (C=O) groups excluding carboxylic acids is 2. The number of likely N-dealkylation sites (N-methyl/N-ethyl adjacent to an activating group) is 1. The van der Waals surface area contributed by atoms with E-state index in [0.29, 0.717) is 12.1 Å². The van der Waals surface area contributed by atoms with Gasteiger partial charge >= 0.3 is 0 Å². The number of amides is 2. The van der Waals surface area contributed by atoms with Crippen molar-refractivity contribution in [1.29, 1.82) is 0 Å². The zero-order valence-electron chi connectivity index (χ0n) is 12.3. The first kappa shape index (κ1) is 13.7. The largest absolute Gasteiger partial charge is 0.361 e. The quantitative estimate of drug-likeness (QED) is 0.915. The number of carbonyl (C=O) groups is 2. The van der Waals surface area contributed by atoms with Gasteiger partial charge in [-0.2, -0.15) is 0 Å². The average molecular weight is 285 g/mol. The molecule has 0 bridgehead atoms. The van der Waals surface area contributed by atoms with E-state index in [0.717, 1.165) is 23.7 Å². The zero-order valence-corrected chi connectivity index (χ0v) is 12.3. The Hall–Kier alpha value is -2.30. The maximum Gasteiger partial charge on any atom is 0.254 e. The van der Waals surface area contributed by atoms with Crippen molar-refractivity contribution in [3.8, 4) is 0 Å². The number of aromatic amines is 1. The molecular weight excluding hydrogens is 266 g/mol. The number of hydrogen-bond acceptors (Lipinski definition) is 2.